The number of nitrogens with zero attached hydrogens (tertiary/aromatic N) is 2. The van der Waals surface area contributed by atoms with Gasteiger partial charge in [-0.05, 0) is 48.9 Å². The van der Waals surface area contributed by atoms with E-state index in [1.807, 2.05) is 0 Å². The zero-order valence-electron chi connectivity index (χ0n) is 15.8. The van der Waals surface area contributed by atoms with Gasteiger partial charge in [-0.3, -0.25) is 4.90 Å². The quantitative estimate of drug-likeness (QED) is 0.840. The lowest BCUT2D eigenvalue weighted by atomic mass is 9.69. The molecule has 1 saturated heterocycles. The van der Waals surface area contributed by atoms with Crippen molar-refractivity contribution in [1.29, 1.82) is 0 Å². The first kappa shape index (κ1) is 16.7. The van der Waals surface area contributed by atoms with E-state index >= 15 is 0 Å². The number of hydrogen-bond donors (Lipinski definition) is 1. The molecule has 4 fully saturated rings. The molecule has 0 aromatic heterocycles. The normalized spacial score (nSPS) is 39.5. The van der Waals surface area contributed by atoms with Crippen LogP contribution in [0, 0.1) is 16.7 Å². The van der Waals surface area contributed by atoms with Crippen LogP contribution < -0.4 is 5.32 Å². The van der Waals surface area contributed by atoms with Crippen LogP contribution >= 0.6 is 0 Å². The molecule has 3 aliphatic carbocycles. The number of urea groups is 1. The molecule has 136 valence electrons. The van der Waals surface area contributed by atoms with Crippen molar-refractivity contribution in [2.24, 2.45) is 16.7 Å². The Balaban J connectivity index is 1.32. The predicted molar refractivity (Wildman–Crippen MR) is 97.0 cm³/mol. The van der Waals surface area contributed by atoms with E-state index in [9.17, 15) is 4.79 Å². The lowest BCUT2D eigenvalue weighted by molar-refractivity contribution is 0.0951. The molecule has 1 aliphatic heterocycles. The number of piperazine rings is 1. The highest BCUT2D eigenvalue weighted by atomic mass is 16.2. The van der Waals surface area contributed by atoms with Gasteiger partial charge in [0.05, 0.1) is 0 Å². The highest BCUT2D eigenvalue weighted by Gasteiger charge is 2.61. The maximum absolute atomic E-state index is 12.8. The first-order valence-electron chi connectivity index (χ1n) is 10.2. The number of hydrogen-bond acceptors (Lipinski definition) is 2. The molecule has 2 bridgehead atoms. The van der Waals surface area contributed by atoms with E-state index in [4.69, 9.17) is 0 Å². The summed E-state index contributed by atoms with van der Waals surface area (Å²) in [5.41, 5.74) is 0.644. The van der Waals surface area contributed by atoms with Crippen LogP contribution in [-0.4, -0.2) is 54.1 Å². The predicted octanol–water partition coefficient (Wildman–Crippen LogP) is 3.47. The Bertz CT molecular complexity index is 491. The zero-order valence-corrected chi connectivity index (χ0v) is 15.8. The van der Waals surface area contributed by atoms with E-state index in [-0.39, 0.29) is 11.4 Å². The number of amides is 2. The maximum Gasteiger partial charge on any atom is 0.317 e. The Morgan fingerprint density at radius 2 is 1.67 bits per heavy atom. The third-order valence-electron chi connectivity index (χ3n) is 8.53. The van der Waals surface area contributed by atoms with Gasteiger partial charge in [0.1, 0.15) is 0 Å². The van der Waals surface area contributed by atoms with Crippen molar-refractivity contribution in [3.05, 3.63) is 0 Å². The molecule has 0 radical (unpaired) electrons. The molecule has 24 heavy (non-hydrogen) atoms. The third-order valence-corrected chi connectivity index (χ3v) is 8.53. The zero-order chi connectivity index (χ0) is 16.9. The van der Waals surface area contributed by atoms with Gasteiger partial charge >= 0.3 is 6.03 Å². The molecule has 1 N–H and O–H groups in total. The molecule has 1 heterocycles. The van der Waals surface area contributed by atoms with Crippen LogP contribution in [0.2, 0.25) is 0 Å². The fourth-order valence-electron chi connectivity index (χ4n) is 6.22. The van der Waals surface area contributed by atoms with Crippen molar-refractivity contribution in [1.82, 2.24) is 15.1 Å². The fourth-order valence-corrected chi connectivity index (χ4v) is 6.22. The van der Waals surface area contributed by atoms with Crippen molar-refractivity contribution in [3.63, 3.8) is 0 Å². The fraction of sp³-hybridized carbons (Fsp3) is 0.950. The molecule has 4 rings (SSSR count). The van der Waals surface area contributed by atoms with Gasteiger partial charge in [-0.25, -0.2) is 4.79 Å². The third kappa shape index (κ3) is 2.48. The summed E-state index contributed by atoms with van der Waals surface area (Å²) in [5, 5.41) is 3.43. The summed E-state index contributed by atoms with van der Waals surface area (Å²) in [6.07, 6.45) is 9.30. The summed E-state index contributed by atoms with van der Waals surface area (Å²) < 4.78 is 0. The number of rotatable bonds is 2. The van der Waals surface area contributed by atoms with Crippen molar-refractivity contribution in [2.75, 3.05) is 26.2 Å². The van der Waals surface area contributed by atoms with Gasteiger partial charge < -0.3 is 10.2 Å². The van der Waals surface area contributed by atoms with Gasteiger partial charge in [0.2, 0.25) is 0 Å². The second kappa shape index (κ2) is 5.89. The molecule has 4 aliphatic rings. The van der Waals surface area contributed by atoms with Crippen LogP contribution in [0.4, 0.5) is 4.79 Å². The second-order valence-corrected chi connectivity index (χ2v) is 9.57. The van der Waals surface area contributed by atoms with E-state index < -0.39 is 0 Å². The lowest BCUT2D eigenvalue weighted by Gasteiger charge is -2.42. The van der Waals surface area contributed by atoms with E-state index in [0.717, 1.165) is 38.1 Å². The van der Waals surface area contributed by atoms with Gasteiger partial charge in [-0.15, -0.1) is 0 Å². The standard InChI is InChI=1S/C20H35N3O/c1-19(2)15-8-9-20(19,3)17(14-15)21-18(24)23-12-10-22(11-13-23)16-6-4-5-7-16/h15-17H,4-14H2,1-3H3,(H,21,24). The minimum Gasteiger partial charge on any atom is -0.335 e. The minimum absolute atomic E-state index is 0.190. The Hall–Kier alpha value is -0.770. The first-order valence-corrected chi connectivity index (χ1v) is 10.2. The van der Waals surface area contributed by atoms with Crippen molar-refractivity contribution < 1.29 is 4.79 Å². The Morgan fingerprint density at radius 1 is 1.00 bits per heavy atom. The van der Waals surface area contributed by atoms with Gasteiger partial charge in [-0.2, -0.15) is 0 Å². The number of nitrogens with one attached hydrogen (secondary N) is 1. The smallest absolute Gasteiger partial charge is 0.317 e. The monoisotopic (exact) mass is 333 g/mol. The van der Waals surface area contributed by atoms with Gasteiger partial charge in [0, 0.05) is 38.3 Å². The molecule has 4 nitrogen and oxygen atoms in total. The average molecular weight is 334 g/mol. The Kier molecular flexibility index (Phi) is 4.10. The van der Waals surface area contributed by atoms with Crippen LogP contribution in [0.25, 0.3) is 0 Å². The van der Waals surface area contributed by atoms with Crippen LogP contribution in [0.5, 0.6) is 0 Å². The van der Waals surface area contributed by atoms with Crippen LogP contribution in [0.1, 0.15) is 65.7 Å². The van der Waals surface area contributed by atoms with E-state index in [1.54, 1.807) is 0 Å². The largest absolute Gasteiger partial charge is 0.335 e. The molecule has 3 atom stereocenters. The number of fused-ring (bicyclic) bond motifs is 2. The van der Waals surface area contributed by atoms with Gasteiger partial charge in [-0.1, -0.05) is 33.6 Å². The number of carbonyl (C=O) groups is 1. The molecule has 3 saturated carbocycles. The minimum atomic E-state index is 0.190. The molecule has 0 aromatic carbocycles. The summed E-state index contributed by atoms with van der Waals surface area (Å²) in [6, 6.07) is 1.35. The molecule has 2 amide bonds. The van der Waals surface area contributed by atoms with E-state index in [0.29, 0.717) is 11.5 Å². The Labute approximate surface area is 147 Å². The summed E-state index contributed by atoms with van der Waals surface area (Å²) in [5.74, 6) is 0.784. The van der Waals surface area contributed by atoms with E-state index in [1.165, 1.54) is 44.9 Å². The van der Waals surface area contributed by atoms with Gasteiger partial charge in [0.15, 0.2) is 0 Å². The summed E-state index contributed by atoms with van der Waals surface area (Å²) in [6.45, 7) is 11.2. The average Bonchev–Trinajstić information content (AvgIpc) is 3.22. The number of carbonyl (C=O) groups excluding carboxylic acids is 1. The van der Waals surface area contributed by atoms with Crippen molar-refractivity contribution in [3.8, 4) is 0 Å². The summed E-state index contributed by atoms with van der Waals surface area (Å²) in [7, 11) is 0. The second-order valence-electron chi connectivity index (χ2n) is 9.57. The van der Waals surface area contributed by atoms with E-state index in [2.05, 4.69) is 35.9 Å². The van der Waals surface area contributed by atoms with Crippen LogP contribution in [0.3, 0.4) is 0 Å². The molecular formula is C20H35N3O. The summed E-state index contributed by atoms with van der Waals surface area (Å²) >= 11 is 0. The van der Waals surface area contributed by atoms with Crippen LogP contribution in [-0.2, 0) is 0 Å². The molecule has 4 heteroatoms. The molecule has 3 unspecified atom stereocenters. The molecule has 0 spiro atoms. The first-order chi connectivity index (χ1) is 11.4. The lowest BCUT2D eigenvalue weighted by Crippen LogP contribution is -2.57. The van der Waals surface area contributed by atoms with Crippen molar-refractivity contribution >= 4 is 6.03 Å². The van der Waals surface area contributed by atoms with Crippen LogP contribution in [0.15, 0.2) is 0 Å². The highest BCUT2D eigenvalue weighted by Crippen LogP contribution is 2.65. The molecule has 0 aromatic rings. The summed E-state index contributed by atoms with van der Waals surface area (Å²) in [4.78, 5) is 17.5. The Morgan fingerprint density at radius 3 is 2.21 bits per heavy atom. The topological polar surface area (TPSA) is 35.6 Å². The highest BCUT2D eigenvalue weighted by molar-refractivity contribution is 5.75. The van der Waals surface area contributed by atoms with Crippen molar-refractivity contribution in [2.45, 2.75) is 77.8 Å². The molecular weight excluding hydrogens is 298 g/mol. The van der Waals surface area contributed by atoms with Gasteiger partial charge in [0.25, 0.3) is 0 Å². The SMILES string of the molecule is CC1(C)C2CCC1(C)C(NC(=O)N1CCN(C3CCCC3)CC1)C2. The maximum atomic E-state index is 12.8.